The number of hydrogen-bond donors (Lipinski definition) is 0. The van der Waals surface area contributed by atoms with Crippen molar-refractivity contribution in [1.29, 1.82) is 5.26 Å². The third-order valence-electron chi connectivity index (χ3n) is 1.55. The standard InChI is InChI=1S/C11H13NO/c1-9(2)13-11-5-3-4-10(8-11)6-7-12/h3-5,8-9H,6H2,1-2H3. The summed E-state index contributed by atoms with van der Waals surface area (Å²) >= 11 is 0. The van der Waals surface area contributed by atoms with Gasteiger partial charge in [0.05, 0.1) is 18.6 Å². The van der Waals surface area contributed by atoms with E-state index < -0.39 is 0 Å². The quantitative estimate of drug-likeness (QED) is 0.707. The molecule has 0 aliphatic heterocycles. The lowest BCUT2D eigenvalue weighted by Gasteiger charge is -2.09. The fourth-order valence-electron chi connectivity index (χ4n) is 1.09. The van der Waals surface area contributed by atoms with Crippen molar-refractivity contribution < 1.29 is 4.74 Å². The van der Waals surface area contributed by atoms with Crippen molar-refractivity contribution >= 4 is 0 Å². The summed E-state index contributed by atoms with van der Waals surface area (Å²) in [6.45, 7) is 3.97. The van der Waals surface area contributed by atoms with E-state index in [1.807, 2.05) is 38.1 Å². The molecule has 2 heteroatoms. The van der Waals surface area contributed by atoms with Gasteiger partial charge >= 0.3 is 0 Å². The smallest absolute Gasteiger partial charge is 0.119 e. The van der Waals surface area contributed by atoms with Gasteiger partial charge in [0.2, 0.25) is 0 Å². The molecule has 0 N–H and O–H groups in total. The number of ether oxygens (including phenoxy) is 1. The van der Waals surface area contributed by atoms with Gasteiger partial charge in [0.25, 0.3) is 0 Å². The monoisotopic (exact) mass is 175 g/mol. The molecule has 0 heterocycles. The van der Waals surface area contributed by atoms with Gasteiger partial charge < -0.3 is 4.74 Å². The van der Waals surface area contributed by atoms with Crippen LogP contribution in [-0.2, 0) is 6.42 Å². The summed E-state index contributed by atoms with van der Waals surface area (Å²) in [5.41, 5.74) is 1.00. The molecule has 0 saturated carbocycles. The van der Waals surface area contributed by atoms with Gasteiger partial charge in [0, 0.05) is 0 Å². The Balaban J connectivity index is 2.74. The summed E-state index contributed by atoms with van der Waals surface area (Å²) in [5.74, 6) is 0.836. The van der Waals surface area contributed by atoms with Crippen molar-refractivity contribution in [2.24, 2.45) is 0 Å². The van der Waals surface area contributed by atoms with Crippen LogP contribution < -0.4 is 4.74 Å². The van der Waals surface area contributed by atoms with Crippen LogP contribution in [0, 0.1) is 11.3 Å². The second-order valence-electron chi connectivity index (χ2n) is 3.15. The third-order valence-corrected chi connectivity index (χ3v) is 1.55. The average molecular weight is 175 g/mol. The summed E-state index contributed by atoms with van der Waals surface area (Å²) in [5, 5.41) is 8.50. The third kappa shape index (κ3) is 3.16. The average Bonchev–Trinajstić information content (AvgIpc) is 2.04. The summed E-state index contributed by atoms with van der Waals surface area (Å²) in [4.78, 5) is 0. The molecular weight excluding hydrogens is 162 g/mol. The lowest BCUT2D eigenvalue weighted by molar-refractivity contribution is 0.242. The van der Waals surface area contributed by atoms with Crippen molar-refractivity contribution in [3.63, 3.8) is 0 Å². The van der Waals surface area contributed by atoms with Crippen molar-refractivity contribution in [1.82, 2.24) is 0 Å². The molecule has 2 nitrogen and oxygen atoms in total. The molecular formula is C11H13NO. The first-order valence-corrected chi connectivity index (χ1v) is 4.35. The van der Waals surface area contributed by atoms with E-state index in [2.05, 4.69) is 6.07 Å². The molecule has 0 atom stereocenters. The molecule has 0 fully saturated rings. The normalized spacial score (nSPS) is 9.69. The lowest BCUT2D eigenvalue weighted by atomic mass is 10.1. The highest BCUT2D eigenvalue weighted by Gasteiger charge is 1.98. The summed E-state index contributed by atoms with van der Waals surface area (Å²) in [7, 11) is 0. The van der Waals surface area contributed by atoms with Crippen molar-refractivity contribution in [2.75, 3.05) is 0 Å². The molecule has 13 heavy (non-hydrogen) atoms. The molecule has 1 aromatic carbocycles. The molecule has 0 aliphatic carbocycles. The Kier molecular flexibility index (Phi) is 3.33. The predicted molar refractivity (Wildman–Crippen MR) is 51.5 cm³/mol. The summed E-state index contributed by atoms with van der Waals surface area (Å²) in [6, 6.07) is 9.75. The fraction of sp³-hybridized carbons (Fsp3) is 0.364. The van der Waals surface area contributed by atoms with E-state index in [4.69, 9.17) is 10.00 Å². The minimum absolute atomic E-state index is 0.178. The van der Waals surface area contributed by atoms with Crippen LogP contribution >= 0.6 is 0 Å². The minimum atomic E-state index is 0.178. The molecule has 0 aromatic heterocycles. The Morgan fingerprint density at radius 2 is 2.23 bits per heavy atom. The van der Waals surface area contributed by atoms with E-state index in [-0.39, 0.29) is 6.10 Å². The van der Waals surface area contributed by atoms with Crippen molar-refractivity contribution in [3.05, 3.63) is 29.8 Å². The Hall–Kier alpha value is -1.49. The molecule has 0 unspecified atom stereocenters. The van der Waals surface area contributed by atoms with Crippen LogP contribution in [-0.4, -0.2) is 6.10 Å². The number of nitrogens with zero attached hydrogens (tertiary/aromatic N) is 1. The molecule has 68 valence electrons. The predicted octanol–water partition coefficient (Wildman–Crippen LogP) is 2.54. The van der Waals surface area contributed by atoms with Crippen LogP contribution in [0.4, 0.5) is 0 Å². The molecule has 0 saturated heterocycles. The maximum Gasteiger partial charge on any atom is 0.119 e. The number of hydrogen-bond acceptors (Lipinski definition) is 2. The minimum Gasteiger partial charge on any atom is -0.491 e. The first kappa shape index (κ1) is 9.60. The molecule has 0 spiro atoms. The zero-order valence-corrected chi connectivity index (χ0v) is 7.95. The number of rotatable bonds is 3. The van der Waals surface area contributed by atoms with Crippen LogP contribution in [0.1, 0.15) is 19.4 Å². The first-order valence-electron chi connectivity index (χ1n) is 4.35. The molecule has 0 aliphatic rings. The highest BCUT2D eigenvalue weighted by molar-refractivity contribution is 5.30. The van der Waals surface area contributed by atoms with E-state index in [9.17, 15) is 0 Å². The molecule has 0 amide bonds. The van der Waals surface area contributed by atoms with Gasteiger partial charge in [-0.1, -0.05) is 12.1 Å². The maximum atomic E-state index is 8.50. The second kappa shape index (κ2) is 4.51. The Labute approximate surface area is 78.8 Å². The highest BCUT2D eigenvalue weighted by atomic mass is 16.5. The van der Waals surface area contributed by atoms with Gasteiger partial charge in [-0.2, -0.15) is 5.26 Å². The summed E-state index contributed by atoms with van der Waals surface area (Å²) < 4.78 is 5.49. The maximum absolute atomic E-state index is 8.50. The Morgan fingerprint density at radius 3 is 2.85 bits per heavy atom. The first-order chi connectivity index (χ1) is 6.22. The largest absolute Gasteiger partial charge is 0.491 e. The van der Waals surface area contributed by atoms with Gasteiger partial charge in [-0.15, -0.1) is 0 Å². The zero-order valence-electron chi connectivity index (χ0n) is 7.95. The van der Waals surface area contributed by atoms with Gasteiger partial charge in [0.1, 0.15) is 5.75 Å². The van der Waals surface area contributed by atoms with Crippen molar-refractivity contribution in [2.45, 2.75) is 26.4 Å². The molecule has 0 radical (unpaired) electrons. The number of nitriles is 1. The fourth-order valence-corrected chi connectivity index (χ4v) is 1.09. The highest BCUT2D eigenvalue weighted by Crippen LogP contribution is 2.14. The van der Waals surface area contributed by atoms with Gasteiger partial charge in [-0.3, -0.25) is 0 Å². The summed E-state index contributed by atoms with van der Waals surface area (Å²) in [6.07, 6.45) is 0.618. The number of benzene rings is 1. The van der Waals surface area contributed by atoms with E-state index in [0.29, 0.717) is 6.42 Å². The van der Waals surface area contributed by atoms with Crippen LogP contribution in [0.2, 0.25) is 0 Å². The Bertz CT molecular complexity index is 312. The van der Waals surface area contributed by atoms with Crippen LogP contribution in [0.5, 0.6) is 5.75 Å². The van der Waals surface area contributed by atoms with E-state index in [1.54, 1.807) is 0 Å². The van der Waals surface area contributed by atoms with E-state index >= 15 is 0 Å². The topological polar surface area (TPSA) is 33.0 Å². The van der Waals surface area contributed by atoms with Crippen molar-refractivity contribution in [3.8, 4) is 11.8 Å². The lowest BCUT2D eigenvalue weighted by Crippen LogP contribution is -2.05. The van der Waals surface area contributed by atoms with Crippen LogP contribution in [0.3, 0.4) is 0 Å². The second-order valence-corrected chi connectivity index (χ2v) is 3.15. The van der Waals surface area contributed by atoms with Gasteiger partial charge in [-0.25, -0.2) is 0 Å². The molecule has 1 aromatic rings. The van der Waals surface area contributed by atoms with E-state index in [0.717, 1.165) is 11.3 Å². The van der Waals surface area contributed by atoms with E-state index in [1.165, 1.54) is 0 Å². The SMILES string of the molecule is CC(C)Oc1cccc(CC#N)c1. The van der Waals surface area contributed by atoms with Gasteiger partial charge in [0.15, 0.2) is 0 Å². The van der Waals surface area contributed by atoms with Crippen LogP contribution in [0.25, 0.3) is 0 Å². The van der Waals surface area contributed by atoms with Crippen LogP contribution in [0.15, 0.2) is 24.3 Å². The molecule has 1 rings (SSSR count). The molecule has 0 bridgehead atoms. The van der Waals surface area contributed by atoms with Gasteiger partial charge in [-0.05, 0) is 31.5 Å². The Morgan fingerprint density at radius 1 is 1.46 bits per heavy atom. The zero-order chi connectivity index (χ0) is 9.68.